The molecule has 1 unspecified atom stereocenters. The van der Waals surface area contributed by atoms with Crippen LogP contribution in [0.2, 0.25) is 0 Å². The Balaban J connectivity index is 1.62. The lowest BCUT2D eigenvalue weighted by atomic mass is 10.1. The second kappa shape index (κ2) is 5.05. The van der Waals surface area contributed by atoms with Gasteiger partial charge in [-0.25, -0.2) is 19.9 Å². The van der Waals surface area contributed by atoms with Crippen LogP contribution in [0.15, 0.2) is 12.5 Å². The minimum absolute atomic E-state index is 0.392. The van der Waals surface area contributed by atoms with Gasteiger partial charge in [0, 0.05) is 26.2 Å². The van der Waals surface area contributed by atoms with Gasteiger partial charge in [-0.3, -0.25) is 4.90 Å². The number of anilines is 2. The van der Waals surface area contributed by atoms with Crippen molar-refractivity contribution in [2.24, 2.45) is 0 Å². The summed E-state index contributed by atoms with van der Waals surface area (Å²) in [6.45, 7) is 5.41. The van der Waals surface area contributed by atoms with E-state index in [1.807, 2.05) is 0 Å². The first kappa shape index (κ1) is 12.7. The van der Waals surface area contributed by atoms with Gasteiger partial charge in [0.25, 0.3) is 0 Å². The van der Waals surface area contributed by atoms with Crippen LogP contribution in [0.5, 0.6) is 0 Å². The number of hydrogen-bond donors (Lipinski definition) is 1. The van der Waals surface area contributed by atoms with Crippen LogP contribution in [-0.2, 0) is 4.74 Å². The summed E-state index contributed by atoms with van der Waals surface area (Å²) in [7, 11) is 0. The summed E-state index contributed by atoms with van der Waals surface area (Å²) in [5.41, 5.74) is 7.16. The molecule has 0 radical (unpaired) electrons. The quantitative estimate of drug-likeness (QED) is 0.752. The number of nitrogen functional groups attached to an aromatic ring is 1. The normalized spacial score (nSPS) is 23.2. The number of aromatic nitrogens is 4. The molecule has 2 fully saturated rings. The van der Waals surface area contributed by atoms with E-state index in [0.29, 0.717) is 28.8 Å². The molecule has 0 amide bonds. The summed E-state index contributed by atoms with van der Waals surface area (Å²) < 4.78 is 5.56. The number of rotatable bonds is 1. The molecule has 4 heterocycles. The Kier molecular flexibility index (Phi) is 3.04. The molecule has 0 bridgehead atoms. The Bertz CT molecular complexity index is 664. The second-order valence-electron chi connectivity index (χ2n) is 5.37. The first-order valence-corrected chi connectivity index (χ1v) is 7.11. The van der Waals surface area contributed by atoms with Crippen LogP contribution in [0.1, 0.15) is 0 Å². The van der Waals surface area contributed by atoms with Gasteiger partial charge < -0.3 is 15.4 Å². The molecule has 0 aliphatic carbocycles. The molecule has 110 valence electrons. The van der Waals surface area contributed by atoms with Gasteiger partial charge in [0.05, 0.1) is 25.5 Å². The van der Waals surface area contributed by atoms with E-state index >= 15 is 0 Å². The van der Waals surface area contributed by atoms with E-state index in [0.717, 1.165) is 39.4 Å². The molecule has 8 nitrogen and oxygen atoms in total. The Morgan fingerprint density at radius 2 is 2.14 bits per heavy atom. The van der Waals surface area contributed by atoms with Crippen molar-refractivity contribution in [3.63, 3.8) is 0 Å². The Morgan fingerprint density at radius 3 is 3.10 bits per heavy atom. The van der Waals surface area contributed by atoms with E-state index in [1.165, 1.54) is 6.33 Å². The molecule has 2 saturated heterocycles. The van der Waals surface area contributed by atoms with Gasteiger partial charge in [-0.2, -0.15) is 0 Å². The fraction of sp³-hybridized carbons (Fsp3) is 0.538. The van der Waals surface area contributed by atoms with Crippen LogP contribution in [0.25, 0.3) is 11.0 Å². The summed E-state index contributed by atoms with van der Waals surface area (Å²) >= 11 is 0. The lowest BCUT2D eigenvalue weighted by Gasteiger charge is -2.43. The van der Waals surface area contributed by atoms with Crippen molar-refractivity contribution in [1.82, 2.24) is 24.8 Å². The molecular weight excluding hydrogens is 270 g/mol. The third-order valence-corrected chi connectivity index (χ3v) is 4.11. The fourth-order valence-corrected chi connectivity index (χ4v) is 2.94. The summed E-state index contributed by atoms with van der Waals surface area (Å²) in [6, 6.07) is 0.413. The molecule has 2 aliphatic heterocycles. The SMILES string of the molecule is Nc1ncnc2cnc(N3CCN4CCOCC4C3)nc12. The number of hydrogen-bond acceptors (Lipinski definition) is 8. The standard InChI is InChI=1S/C13H17N7O/c14-12-11-10(16-8-17-12)5-15-13(18-11)20-2-1-19-3-4-21-7-9(19)6-20/h5,8-9H,1-4,6-7H2,(H2,14,16,17). The predicted octanol–water partition coefficient (Wildman–Crippen LogP) is -0.477. The molecule has 4 rings (SSSR count). The Labute approximate surface area is 122 Å². The summed E-state index contributed by atoms with van der Waals surface area (Å²) in [6.07, 6.45) is 3.14. The number of piperazine rings is 1. The van der Waals surface area contributed by atoms with Crippen molar-refractivity contribution in [1.29, 1.82) is 0 Å². The van der Waals surface area contributed by atoms with Gasteiger partial charge in [0.2, 0.25) is 5.95 Å². The van der Waals surface area contributed by atoms with Crippen molar-refractivity contribution in [3.8, 4) is 0 Å². The third kappa shape index (κ3) is 2.26. The molecular formula is C13H17N7O. The molecule has 0 aromatic carbocycles. The largest absolute Gasteiger partial charge is 0.382 e. The molecule has 8 heteroatoms. The number of ether oxygens (including phenoxy) is 1. The number of nitrogens with two attached hydrogens (primary N) is 1. The van der Waals surface area contributed by atoms with E-state index in [1.54, 1.807) is 6.20 Å². The van der Waals surface area contributed by atoms with E-state index < -0.39 is 0 Å². The van der Waals surface area contributed by atoms with Crippen LogP contribution in [0, 0.1) is 0 Å². The van der Waals surface area contributed by atoms with Gasteiger partial charge in [-0.1, -0.05) is 0 Å². The Hall–Kier alpha value is -2.06. The highest BCUT2D eigenvalue weighted by molar-refractivity contribution is 5.83. The lowest BCUT2D eigenvalue weighted by molar-refractivity contribution is -0.0118. The minimum Gasteiger partial charge on any atom is -0.382 e. The van der Waals surface area contributed by atoms with Crippen molar-refractivity contribution >= 4 is 22.8 Å². The van der Waals surface area contributed by atoms with E-state index in [4.69, 9.17) is 10.5 Å². The van der Waals surface area contributed by atoms with Crippen LogP contribution >= 0.6 is 0 Å². The maximum atomic E-state index is 5.87. The fourth-order valence-electron chi connectivity index (χ4n) is 2.94. The highest BCUT2D eigenvalue weighted by Gasteiger charge is 2.30. The molecule has 2 aromatic rings. The highest BCUT2D eigenvalue weighted by atomic mass is 16.5. The van der Waals surface area contributed by atoms with Crippen molar-refractivity contribution < 1.29 is 4.74 Å². The van der Waals surface area contributed by atoms with E-state index in [-0.39, 0.29) is 0 Å². The topological polar surface area (TPSA) is 93.3 Å². The zero-order valence-corrected chi connectivity index (χ0v) is 11.6. The van der Waals surface area contributed by atoms with Crippen molar-refractivity contribution in [3.05, 3.63) is 12.5 Å². The predicted molar refractivity (Wildman–Crippen MR) is 77.9 cm³/mol. The van der Waals surface area contributed by atoms with Gasteiger partial charge in [0.15, 0.2) is 5.82 Å². The summed E-state index contributed by atoms with van der Waals surface area (Å²) in [5, 5.41) is 0. The maximum absolute atomic E-state index is 5.87. The number of morpholine rings is 1. The van der Waals surface area contributed by atoms with Crippen LogP contribution in [0.4, 0.5) is 11.8 Å². The molecule has 21 heavy (non-hydrogen) atoms. The lowest BCUT2D eigenvalue weighted by Crippen LogP contribution is -2.58. The van der Waals surface area contributed by atoms with Crippen molar-refractivity contribution in [2.45, 2.75) is 6.04 Å². The van der Waals surface area contributed by atoms with Crippen LogP contribution in [0.3, 0.4) is 0 Å². The van der Waals surface area contributed by atoms with Crippen molar-refractivity contribution in [2.75, 3.05) is 50.0 Å². The second-order valence-corrected chi connectivity index (χ2v) is 5.37. The summed E-state index contributed by atoms with van der Waals surface area (Å²) in [5.74, 6) is 1.08. The maximum Gasteiger partial charge on any atom is 0.226 e. The van der Waals surface area contributed by atoms with Gasteiger partial charge in [0.1, 0.15) is 17.4 Å². The zero-order valence-electron chi connectivity index (χ0n) is 11.6. The number of nitrogens with zero attached hydrogens (tertiary/aromatic N) is 6. The summed E-state index contributed by atoms with van der Waals surface area (Å²) in [4.78, 5) is 21.7. The Morgan fingerprint density at radius 1 is 1.19 bits per heavy atom. The average Bonchev–Trinajstić information content (AvgIpc) is 2.54. The minimum atomic E-state index is 0.392. The van der Waals surface area contributed by atoms with E-state index in [2.05, 4.69) is 29.7 Å². The van der Waals surface area contributed by atoms with Gasteiger partial charge in [-0.05, 0) is 0 Å². The molecule has 2 aliphatic rings. The monoisotopic (exact) mass is 287 g/mol. The molecule has 0 saturated carbocycles. The molecule has 0 spiro atoms. The molecule has 2 aromatic heterocycles. The van der Waals surface area contributed by atoms with Crippen LogP contribution < -0.4 is 10.6 Å². The first-order valence-electron chi connectivity index (χ1n) is 7.11. The molecule has 2 N–H and O–H groups in total. The molecule has 1 atom stereocenters. The van der Waals surface area contributed by atoms with Gasteiger partial charge >= 0.3 is 0 Å². The first-order chi connectivity index (χ1) is 10.3. The van der Waals surface area contributed by atoms with Gasteiger partial charge in [-0.15, -0.1) is 0 Å². The number of fused-ring (bicyclic) bond motifs is 2. The zero-order chi connectivity index (χ0) is 14.2. The third-order valence-electron chi connectivity index (χ3n) is 4.11. The average molecular weight is 287 g/mol. The highest BCUT2D eigenvalue weighted by Crippen LogP contribution is 2.20. The van der Waals surface area contributed by atoms with Crippen LogP contribution in [-0.4, -0.2) is 70.3 Å². The smallest absolute Gasteiger partial charge is 0.226 e. The van der Waals surface area contributed by atoms with E-state index in [9.17, 15) is 0 Å².